The molecule has 5 rings (SSSR count). The number of nitrogens with two attached hydrogens (primary N) is 1. The lowest BCUT2D eigenvalue weighted by Gasteiger charge is -2.40. The molecule has 12 heteroatoms. The first-order valence-electron chi connectivity index (χ1n) is 11.4. The van der Waals surface area contributed by atoms with Crippen molar-refractivity contribution < 1.29 is 12.8 Å². The molecule has 2 fully saturated rings. The molecular formula is C22H28N8O3S. The second kappa shape index (κ2) is 8.93. The van der Waals surface area contributed by atoms with Crippen molar-refractivity contribution in [1.29, 1.82) is 0 Å². The Morgan fingerprint density at radius 2 is 1.79 bits per heavy atom. The Morgan fingerprint density at radius 1 is 1.12 bits per heavy atom. The highest BCUT2D eigenvalue weighted by atomic mass is 32.2. The Kier molecular flexibility index (Phi) is 5.96. The van der Waals surface area contributed by atoms with E-state index < -0.39 is 10.0 Å². The van der Waals surface area contributed by atoms with Gasteiger partial charge < -0.3 is 20.4 Å². The standard InChI is InChI=1S/C22H28N8O3S/c1-3-34(31,32)30-16-8-9-17(30)13-29(12-16)18-11-25-20(23)19(26-18)22-28-27-21(33-22)15-6-4-14(5-7-15)10-24-2/h4-7,11,16-17,24H,3,8-10,12-13H2,1-2H3,(H2,23,25). The number of nitrogens with zero attached hydrogens (tertiary/aromatic N) is 6. The van der Waals surface area contributed by atoms with Gasteiger partial charge in [0.1, 0.15) is 5.82 Å². The van der Waals surface area contributed by atoms with E-state index in [4.69, 9.17) is 10.2 Å². The first kappa shape index (κ1) is 22.7. The maximum Gasteiger partial charge on any atom is 0.270 e. The third-order valence-corrected chi connectivity index (χ3v) is 8.39. The summed E-state index contributed by atoms with van der Waals surface area (Å²) in [5, 5.41) is 11.4. The number of nitrogens with one attached hydrogen (secondary N) is 1. The fourth-order valence-electron chi connectivity index (χ4n) is 4.76. The normalized spacial score (nSPS) is 20.7. The Bertz CT molecular complexity index is 1260. The van der Waals surface area contributed by atoms with E-state index in [0.29, 0.717) is 30.5 Å². The number of piperazine rings is 1. The van der Waals surface area contributed by atoms with Crippen LogP contribution in [0.25, 0.3) is 23.0 Å². The van der Waals surface area contributed by atoms with Crippen LogP contribution in [0.5, 0.6) is 0 Å². The van der Waals surface area contributed by atoms with Crippen LogP contribution in [0.3, 0.4) is 0 Å². The average Bonchev–Trinajstić information content (AvgIpc) is 3.43. The third-order valence-electron chi connectivity index (χ3n) is 6.42. The van der Waals surface area contributed by atoms with Gasteiger partial charge in [0.2, 0.25) is 15.9 Å². The number of aromatic nitrogens is 4. The number of fused-ring (bicyclic) bond motifs is 2. The minimum atomic E-state index is -3.24. The Morgan fingerprint density at radius 3 is 2.44 bits per heavy atom. The molecule has 2 aliphatic rings. The molecule has 1 aromatic carbocycles. The summed E-state index contributed by atoms with van der Waals surface area (Å²) in [4.78, 5) is 11.1. The summed E-state index contributed by atoms with van der Waals surface area (Å²) in [7, 11) is -1.34. The van der Waals surface area contributed by atoms with Crippen molar-refractivity contribution >= 4 is 21.7 Å². The summed E-state index contributed by atoms with van der Waals surface area (Å²) in [5.74, 6) is 1.48. The highest BCUT2D eigenvalue weighted by Crippen LogP contribution is 2.35. The van der Waals surface area contributed by atoms with Crippen molar-refractivity contribution in [2.75, 3.05) is 36.5 Å². The fraction of sp³-hybridized carbons (Fsp3) is 0.455. The van der Waals surface area contributed by atoms with Gasteiger partial charge in [-0.2, -0.15) is 4.31 Å². The Balaban J connectivity index is 1.38. The molecule has 2 saturated heterocycles. The van der Waals surface area contributed by atoms with Gasteiger partial charge in [-0.05, 0) is 44.5 Å². The summed E-state index contributed by atoms with van der Waals surface area (Å²) >= 11 is 0. The molecule has 4 heterocycles. The monoisotopic (exact) mass is 484 g/mol. The van der Waals surface area contributed by atoms with Crippen LogP contribution in [-0.4, -0.2) is 70.9 Å². The molecule has 0 saturated carbocycles. The van der Waals surface area contributed by atoms with Gasteiger partial charge in [-0.25, -0.2) is 18.4 Å². The average molecular weight is 485 g/mol. The number of sulfonamides is 1. The largest absolute Gasteiger partial charge is 0.414 e. The summed E-state index contributed by atoms with van der Waals surface area (Å²) in [6, 6.07) is 7.72. The highest BCUT2D eigenvalue weighted by Gasteiger charge is 2.45. The number of hydrogen-bond donors (Lipinski definition) is 2. The molecule has 3 aromatic rings. The molecule has 2 unspecified atom stereocenters. The van der Waals surface area contributed by atoms with Crippen molar-refractivity contribution in [2.45, 2.75) is 38.4 Å². The maximum absolute atomic E-state index is 12.5. The number of nitrogen functional groups attached to an aromatic ring is 1. The van der Waals surface area contributed by atoms with Gasteiger partial charge in [0.05, 0.1) is 11.9 Å². The van der Waals surface area contributed by atoms with Crippen LogP contribution in [0, 0.1) is 0 Å². The van der Waals surface area contributed by atoms with E-state index in [-0.39, 0.29) is 29.5 Å². The molecule has 0 amide bonds. The van der Waals surface area contributed by atoms with E-state index in [0.717, 1.165) is 30.5 Å². The molecule has 0 spiro atoms. The van der Waals surface area contributed by atoms with Crippen LogP contribution in [0.1, 0.15) is 25.3 Å². The van der Waals surface area contributed by atoms with E-state index in [9.17, 15) is 8.42 Å². The quantitative estimate of drug-likeness (QED) is 0.506. The molecule has 11 nitrogen and oxygen atoms in total. The van der Waals surface area contributed by atoms with Crippen molar-refractivity contribution in [3.8, 4) is 23.0 Å². The van der Waals surface area contributed by atoms with E-state index in [1.54, 1.807) is 17.4 Å². The molecule has 2 bridgehead atoms. The number of anilines is 2. The van der Waals surface area contributed by atoms with Crippen LogP contribution in [0.4, 0.5) is 11.6 Å². The van der Waals surface area contributed by atoms with Crippen molar-refractivity contribution in [2.24, 2.45) is 0 Å². The zero-order valence-corrected chi connectivity index (χ0v) is 20.0. The van der Waals surface area contributed by atoms with E-state index in [2.05, 4.69) is 30.4 Å². The lowest BCUT2D eigenvalue weighted by molar-refractivity contribution is 0.286. The smallest absolute Gasteiger partial charge is 0.270 e. The molecule has 3 N–H and O–H groups in total. The van der Waals surface area contributed by atoms with Crippen molar-refractivity contribution in [1.82, 2.24) is 29.8 Å². The topological polar surface area (TPSA) is 143 Å². The van der Waals surface area contributed by atoms with Crippen LogP contribution >= 0.6 is 0 Å². The van der Waals surface area contributed by atoms with Crippen LogP contribution in [0.15, 0.2) is 34.9 Å². The second-order valence-electron chi connectivity index (χ2n) is 8.62. The van der Waals surface area contributed by atoms with Crippen LogP contribution in [0.2, 0.25) is 0 Å². The lowest BCUT2D eigenvalue weighted by Crippen LogP contribution is -2.56. The van der Waals surface area contributed by atoms with Crippen molar-refractivity contribution in [3.63, 3.8) is 0 Å². The SMILES string of the molecule is CCS(=O)(=O)N1C2CCC1CN(c1cnc(N)c(-c3nnc(-c4ccc(CNC)cc4)o3)n1)C2. The number of benzene rings is 1. The lowest BCUT2D eigenvalue weighted by atomic mass is 10.1. The molecule has 2 aliphatic heterocycles. The minimum absolute atomic E-state index is 0.0626. The summed E-state index contributed by atoms with van der Waals surface area (Å²) in [6.45, 7) is 3.58. The zero-order valence-electron chi connectivity index (χ0n) is 19.2. The predicted molar refractivity (Wildman–Crippen MR) is 128 cm³/mol. The Labute approximate surface area is 198 Å². The van der Waals surface area contributed by atoms with E-state index in [1.165, 1.54) is 0 Å². The predicted octanol–water partition coefficient (Wildman–Crippen LogP) is 1.50. The molecule has 2 atom stereocenters. The van der Waals surface area contributed by atoms with Crippen LogP contribution < -0.4 is 16.0 Å². The Hall–Kier alpha value is -3.09. The minimum Gasteiger partial charge on any atom is -0.414 e. The van der Waals surface area contributed by atoms with Crippen molar-refractivity contribution in [3.05, 3.63) is 36.0 Å². The van der Waals surface area contributed by atoms with Gasteiger partial charge in [0, 0.05) is 37.3 Å². The van der Waals surface area contributed by atoms with Gasteiger partial charge in [-0.15, -0.1) is 10.2 Å². The fourth-order valence-corrected chi connectivity index (χ4v) is 6.31. The van der Waals surface area contributed by atoms with Gasteiger partial charge >= 0.3 is 0 Å². The first-order valence-corrected chi connectivity index (χ1v) is 13.0. The summed E-state index contributed by atoms with van der Waals surface area (Å²) in [5.41, 5.74) is 8.37. The number of rotatable bonds is 7. The summed E-state index contributed by atoms with van der Waals surface area (Å²) in [6.07, 6.45) is 3.30. The van der Waals surface area contributed by atoms with Gasteiger partial charge in [0.25, 0.3) is 5.89 Å². The summed E-state index contributed by atoms with van der Waals surface area (Å²) < 4.78 is 32.7. The molecule has 0 radical (unpaired) electrons. The number of hydrogen-bond acceptors (Lipinski definition) is 10. The highest BCUT2D eigenvalue weighted by molar-refractivity contribution is 7.89. The third kappa shape index (κ3) is 4.12. The van der Waals surface area contributed by atoms with Gasteiger partial charge in [-0.1, -0.05) is 12.1 Å². The molecule has 180 valence electrons. The zero-order chi connectivity index (χ0) is 23.9. The molecule has 2 aromatic heterocycles. The van der Waals surface area contributed by atoms with Gasteiger partial charge in [-0.3, -0.25) is 0 Å². The second-order valence-corrected chi connectivity index (χ2v) is 10.8. The molecule has 0 aliphatic carbocycles. The van der Waals surface area contributed by atoms with Gasteiger partial charge in [0.15, 0.2) is 11.5 Å². The van der Waals surface area contributed by atoms with E-state index in [1.807, 2.05) is 31.3 Å². The maximum atomic E-state index is 12.5. The van der Waals surface area contributed by atoms with E-state index >= 15 is 0 Å². The molecule has 34 heavy (non-hydrogen) atoms. The van der Waals surface area contributed by atoms with Crippen LogP contribution in [-0.2, 0) is 16.6 Å². The first-order chi connectivity index (χ1) is 16.4. The molecular weight excluding hydrogens is 456 g/mol.